The van der Waals surface area contributed by atoms with Gasteiger partial charge in [-0.05, 0) is 36.4 Å². The van der Waals surface area contributed by atoms with Crippen molar-refractivity contribution >= 4 is 29.1 Å². The summed E-state index contributed by atoms with van der Waals surface area (Å²) in [4.78, 5) is 24.7. The van der Waals surface area contributed by atoms with E-state index in [1.54, 1.807) is 72.4 Å². The second kappa shape index (κ2) is 9.02. The number of carbonyl (C=O) groups is 2. The first kappa shape index (κ1) is 20.0. The van der Waals surface area contributed by atoms with Crippen molar-refractivity contribution in [3.05, 3.63) is 83.9 Å². The first-order valence-electron chi connectivity index (χ1n) is 9.43. The van der Waals surface area contributed by atoms with Gasteiger partial charge in [-0.3, -0.25) is 14.9 Å². The van der Waals surface area contributed by atoms with Gasteiger partial charge in [0.2, 0.25) is 5.91 Å². The first-order valence-corrected chi connectivity index (χ1v) is 10.6. The predicted molar refractivity (Wildman–Crippen MR) is 117 cm³/mol. The van der Waals surface area contributed by atoms with E-state index in [4.69, 9.17) is 4.74 Å². The topological polar surface area (TPSA) is 87.7 Å². The van der Waals surface area contributed by atoms with Crippen LogP contribution >= 0.6 is 11.8 Å². The molecule has 0 aromatic heterocycles. The number of aromatic hydroxyl groups is 1. The smallest absolute Gasteiger partial charge is 0.242 e. The molecule has 0 spiro atoms. The lowest BCUT2D eigenvalue weighted by atomic mass is 10.0. The van der Waals surface area contributed by atoms with Gasteiger partial charge in [-0.15, -0.1) is 11.8 Å². The number of nitrogens with one attached hydrogen (secondary N) is 2. The van der Waals surface area contributed by atoms with Crippen molar-refractivity contribution in [3.8, 4) is 17.2 Å². The largest absolute Gasteiger partial charge is 0.507 e. The average molecular weight is 420 g/mol. The van der Waals surface area contributed by atoms with Gasteiger partial charge in [0.1, 0.15) is 17.2 Å². The lowest BCUT2D eigenvalue weighted by Gasteiger charge is -2.12. The molecule has 1 saturated heterocycles. The van der Waals surface area contributed by atoms with Crippen LogP contribution in [-0.2, 0) is 4.79 Å². The fourth-order valence-corrected chi connectivity index (χ4v) is 3.99. The van der Waals surface area contributed by atoms with Gasteiger partial charge in [-0.2, -0.15) is 0 Å². The van der Waals surface area contributed by atoms with E-state index in [0.29, 0.717) is 22.7 Å². The SMILES string of the molecule is O=C(c1ccccc1)c1ccc(Oc2ccc(NC(=O)C3CSCN3)cc2)cc1O. The maximum Gasteiger partial charge on any atom is 0.242 e. The zero-order valence-corrected chi connectivity index (χ0v) is 16.8. The Morgan fingerprint density at radius 1 is 1.00 bits per heavy atom. The maximum absolute atomic E-state index is 12.5. The Labute approximate surface area is 178 Å². The van der Waals surface area contributed by atoms with Crippen LogP contribution in [0, 0.1) is 0 Å². The Balaban J connectivity index is 1.41. The minimum absolute atomic E-state index is 0.0581. The van der Waals surface area contributed by atoms with Crippen LogP contribution < -0.4 is 15.4 Å². The third-order valence-electron chi connectivity index (χ3n) is 4.64. The van der Waals surface area contributed by atoms with Crippen LogP contribution in [0.3, 0.4) is 0 Å². The molecule has 1 unspecified atom stereocenters. The second-order valence-electron chi connectivity index (χ2n) is 6.76. The number of hydrogen-bond donors (Lipinski definition) is 3. The molecular weight excluding hydrogens is 400 g/mol. The van der Waals surface area contributed by atoms with E-state index in [1.165, 1.54) is 6.07 Å². The fraction of sp³-hybridized carbons (Fsp3) is 0.130. The van der Waals surface area contributed by atoms with Gasteiger partial charge in [0.15, 0.2) is 5.78 Å². The number of ketones is 1. The van der Waals surface area contributed by atoms with Gasteiger partial charge in [0.25, 0.3) is 0 Å². The average Bonchev–Trinajstić information content (AvgIpc) is 3.31. The molecule has 3 aromatic carbocycles. The summed E-state index contributed by atoms with van der Waals surface area (Å²) in [5, 5.41) is 16.3. The van der Waals surface area contributed by atoms with Crippen molar-refractivity contribution in [3.63, 3.8) is 0 Å². The Morgan fingerprint density at radius 2 is 1.73 bits per heavy atom. The molecule has 1 atom stereocenters. The summed E-state index contributed by atoms with van der Waals surface area (Å²) in [6, 6.07) is 20.2. The van der Waals surface area contributed by atoms with Crippen LogP contribution in [0.5, 0.6) is 17.2 Å². The molecule has 0 aliphatic carbocycles. The summed E-state index contributed by atoms with van der Waals surface area (Å²) in [7, 11) is 0. The fourth-order valence-electron chi connectivity index (χ4n) is 3.05. The zero-order valence-electron chi connectivity index (χ0n) is 16.0. The number of phenolic OH excluding ortho intramolecular Hbond substituents is 1. The maximum atomic E-state index is 12.5. The molecule has 0 bridgehead atoms. The van der Waals surface area contributed by atoms with Crippen molar-refractivity contribution in [2.75, 3.05) is 16.9 Å². The highest BCUT2D eigenvalue weighted by molar-refractivity contribution is 7.99. The Morgan fingerprint density at radius 3 is 2.40 bits per heavy atom. The van der Waals surface area contributed by atoms with E-state index in [-0.39, 0.29) is 29.0 Å². The third kappa shape index (κ3) is 4.64. The number of benzene rings is 3. The van der Waals surface area contributed by atoms with Gasteiger partial charge >= 0.3 is 0 Å². The van der Waals surface area contributed by atoms with Crippen molar-refractivity contribution in [2.24, 2.45) is 0 Å². The Bertz CT molecular complexity index is 1050. The predicted octanol–water partition coefficient (Wildman–Crippen LogP) is 4.02. The summed E-state index contributed by atoms with van der Waals surface area (Å²) in [6.45, 7) is 0. The quantitative estimate of drug-likeness (QED) is 0.522. The second-order valence-corrected chi connectivity index (χ2v) is 7.79. The Hall–Kier alpha value is -3.29. The number of thioether (sulfide) groups is 1. The third-order valence-corrected chi connectivity index (χ3v) is 5.58. The van der Waals surface area contributed by atoms with Gasteiger partial charge in [0.05, 0.1) is 11.6 Å². The van der Waals surface area contributed by atoms with E-state index in [1.807, 2.05) is 6.07 Å². The van der Waals surface area contributed by atoms with Crippen LogP contribution in [0.1, 0.15) is 15.9 Å². The van der Waals surface area contributed by atoms with E-state index in [2.05, 4.69) is 10.6 Å². The number of ether oxygens (including phenoxy) is 1. The lowest BCUT2D eigenvalue weighted by Crippen LogP contribution is -2.37. The van der Waals surface area contributed by atoms with Crippen molar-refractivity contribution in [1.82, 2.24) is 5.32 Å². The van der Waals surface area contributed by atoms with Crippen LogP contribution in [0.4, 0.5) is 5.69 Å². The van der Waals surface area contributed by atoms with Gasteiger partial charge in [0, 0.05) is 28.9 Å². The van der Waals surface area contributed by atoms with Gasteiger partial charge in [-0.25, -0.2) is 0 Å². The molecule has 1 aliphatic rings. The number of phenols is 1. The monoisotopic (exact) mass is 420 g/mol. The summed E-state index contributed by atoms with van der Waals surface area (Å²) in [5.74, 6) is 2.04. The molecule has 0 saturated carbocycles. The number of carbonyl (C=O) groups excluding carboxylic acids is 2. The molecule has 1 fully saturated rings. The first-order chi connectivity index (χ1) is 14.6. The highest BCUT2D eigenvalue weighted by atomic mass is 32.2. The summed E-state index contributed by atoms with van der Waals surface area (Å²) in [5.41, 5.74) is 1.40. The van der Waals surface area contributed by atoms with Crippen molar-refractivity contribution in [1.29, 1.82) is 0 Å². The van der Waals surface area contributed by atoms with E-state index in [9.17, 15) is 14.7 Å². The number of amides is 1. The molecule has 4 rings (SSSR count). The van der Waals surface area contributed by atoms with Crippen molar-refractivity contribution < 1.29 is 19.4 Å². The highest BCUT2D eigenvalue weighted by Gasteiger charge is 2.22. The highest BCUT2D eigenvalue weighted by Crippen LogP contribution is 2.29. The number of rotatable bonds is 6. The zero-order chi connectivity index (χ0) is 20.9. The molecule has 7 heteroatoms. The molecule has 1 amide bonds. The summed E-state index contributed by atoms with van der Waals surface area (Å²) < 4.78 is 5.76. The number of hydrogen-bond acceptors (Lipinski definition) is 6. The number of anilines is 1. The minimum Gasteiger partial charge on any atom is -0.507 e. The molecule has 6 nitrogen and oxygen atoms in total. The standard InChI is InChI=1S/C23H20N2O4S/c26-21-12-18(10-11-19(21)22(27)15-4-2-1-3-5-15)29-17-8-6-16(7-9-17)25-23(28)20-13-30-14-24-20/h1-12,20,24,26H,13-14H2,(H,25,28). The molecule has 0 radical (unpaired) electrons. The molecular formula is C23H20N2O4S. The van der Waals surface area contributed by atoms with E-state index < -0.39 is 0 Å². The summed E-state index contributed by atoms with van der Waals surface area (Å²) in [6.07, 6.45) is 0. The van der Waals surface area contributed by atoms with Crippen LogP contribution in [0.2, 0.25) is 0 Å². The molecule has 30 heavy (non-hydrogen) atoms. The summed E-state index contributed by atoms with van der Waals surface area (Å²) >= 11 is 1.69. The molecule has 1 aliphatic heterocycles. The van der Waals surface area contributed by atoms with E-state index in [0.717, 1.165) is 11.6 Å². The molecule has 1 heterocycles. The van der Waals surface area contributed by atoms with Crippen molar-refractivity contribution in [2.45, 2.75) is 6.04 Å². The molecule has 152 valence electrons. The van der Waals surface area contributed by atoms with Crippen LogP contribution in [0.15, 0.2) is 72.8 Å². The van der Waals surface area contributed by atoms with Crippen LogP contribution in [0.25, 0.3) is 0 Å². The van der Waals surface area contributed by atoms with Crippen LogP contribution in [-0.4, -0.2) is 34.5 Å². The lowest BCUT2D eigenvalue weighted by molar-refractivity contribution is -0.117. The molecule has 3 N–H and O–H groups in total. The Kier molecular flexibility index (Phi) is 6.02. The minimum atomic E-state index is -0.255. The van der Waals surface area contributed by atoms with E-state index >= 15 is 0 Å². The molecule has 3 aromatic rings. The van der Waals surface area contributed by atoms with Gasteiger partial charge in [-0.1, -0.05) is 30.3 Å². The normalized spacial score (nSPS) is 15.5. The van der Waals surface area contributed by atoms with Gasteiger partial charge < -0.3 is 15.2 Å².